The van der Waals surface area contributed by atoms with Crippen LogP contribution in [0.3, 0.4) is 0 Å². The Morgan fingerprint density at radius 2 is 1.76 bits per heavy atom. The monoisotopic (exact) mass is 527 g/mol. The van der Waals surface area contributed by atoms with Gasteiger partial charge < -0.3 is 23.9 Å². The molecule has 0 unspecified atom stereocenters. The number of hydrogen-bond acceptors (Lipinski definition) is 5. The number of amides is 1. The minimum atomic E-state index is -5.08. The number of alkyl halides is 3. The molecule has 0 saturated heterocycles. The summed E-state index contributed by atoms with van der Waals surface area (Å²) in [4.78, 5) is 28.7. The average molecular weight is 527 g/mol. The van der Waals surface area contributed by atoms with Crippen LogP contribution in [-0.4, -0.2) is 58.2 Å². The summed E-state index contributed by atoms with van der Waals surface area (Å²) in [5, 5.41) is 7.12. The molecule has 0 spiro atoms. The van der Waals surface area contributed by atoms with E-state index in [1.165, 1.54) is 0 Å². The maximum absolute atomic E-state index is 13.3. The Morgan fingerprint density at radius 1 is 1.05 bits per heavy atom. The Balaban J connectivity index is 0.000000426. The van der Waals surface area contributed by atoms with Crippen LogP contribution in [0.4, 0.5) is 13.2 Å². The van der Waals surface area contributed by atoms with Crippen LogP contribution in [0, 0.1) is 0 Å². The third-order valence-corrected chi connectivity index (χ3v) is 6.04. The molecular formula is C27H24F3N3O5. The highest BCUT2D eigenvalue weighted by atomic mass is 19.4. The number of halogens is 3. The van der Waals surface area contributed by atoms with E-state index >= 15 is 0 Å². The molecule has 198 valence electrons. The van der Waals surface area contributed by atoms with Gasteiger partial charge in [0.1, 0.15) is 17.1 Å². The molecule has 0 aliphatic carbocycles. The van der Waals surface area contributed by atoms with Gasteiger partial charge in [-0.15, -0.1) is 0 Å². The second-order valence-electron chi connectivity index (χ2n) is 8.38. The molecular weight excluding hydrogens is 503 g/mol. The van der Waals surface area contributed by atoms with Gasteiger partial charge in [0.15, 0.2) is 0 Å². The van der Waals surface area contributed by atoms with E-state index in [0.29, 0.717) is 30.8 Å². The average Bonchev–Trinajstić information content (AvgIpc) is 3.47. The van der Waals surface area contributed by atoms with Gasteiger partial charge in [-0.25, -0.2) is 9.78 Å². The lowest BCUT2D eigenvalue weighted by molar-refractivity contribution is -0.192. The molecule has 0 fully saturated rings. The van der Waals surface area contributed by atoms with Crippen molar-refractivity contribution >= 4 is 17.5 Å². The lowest BCUT2D eigenvalue weighted by atomic mass is 9.96. The van der Waals surface area contributed by atoms with Crippen LogP contribution in [-0.2, 0) is 17.8 Å². The van der Waals surface area contributed by atoms with Crippen LogP contribution in [0.1, 0.15) is 21.6 Å². The summed E-state index contributed by atoms with van der Waals surface area (Å²) < 4.78 is 44.5. The van der Waals surface area contributed by atoms with Gasteiger partial charge in [0.2, 0.25) is 0 Å². The van der Waals surface area contributed by atoms with Crippen LogP contribution in [0.25, 0.3) is 16.8 Å². The number of carbonyl (C=O) groups is 2. The van der Waals surface area contributed by atoms with E-state index < -0.39 is 12.1 Å². The number of rotatable bonds is 6. The van der Waals surface area contributed by atoms with Crippen LogP contribution in [0.5, 0.6) is 11.5 Å². The molecule has 1 aliphatic heterocycles. The fraction of sp³-hybridized carbons (Fsp3) is 0.222. The largest absolute Gasteiger partial charge is 0.497 e. The summed E-state index contributed by atoms with van der Waals surface area (Å²) in [5.41, 5.74) is 5.64. The van der Waals surface area contributed by atoms with Gasteiger partial charge in [0.05, 0.1) is 25.5 Å². The molecule has 0 atom stereocenters. The molecule has 0 bridgehead atoms. The summed E-state index contributed by atoms with van der Waals surface area (Å²) in [5.74, 6) is -1.33. The topological polar surface area (TPSA) is 93.4 Å². The standard InChI is InChI=1S/C25H23N3O3.C2HF3O2/c1-30-19-8-6-17(7-9-19)20-10-11-22(31-2)24-21(20)16-28(25(24)29)14-12-18-15-27-13-4-3-5-23(27)26-18;3-2(4,5)1(6)7/h3-11,13,15H,12,14,16H2,1-2H3;(H,6,7). The van der Waals surface area contributed by atoms with E-state index in [-0.39, 0.29) is 5.91 Å². The number of carboxylic acid groups (broad SMARTS) is 1. The van der Waals surface area contributed by atoms with E-state index in [1.54, 1.807) is 14.2 Å². The van der Waals surface area contributed by atoms with Crippen LogP contribution >= 0.6 is 0 Å². The number of carboxylic acids is 1. The zero-order chi connectivity index (χ0) is 27.4. The zero-order valence-electron chi connectivity index (χ0n) is 20.5. The summed E-state index contributed by atoms with van der Waals surface area (Å²) >= 11 is 0. The number of fused-ring (bicyclic) bond motifs is 2. The summed E-state index contributed by atoms with van der Waals surface area (Å²) in [6.45, 7) is 1.16. The minimum Gasteiger partial charge on any atom is -0.497 e. The first-order chi connectivity index (χ1) is 18.1. The number of carbonyl (C=O) groups excluding carboxylic acids is 1. The molecule has 1 N–H and O–H groups in total. The molecule has 0 radical (unpaired) electrons. The second kappa shape index (κ2) is 10.8. The first-order valence-electron chi connectivity index (χ1n) is 11.5. The lowest BCUT2D eigenvalue weighted by Gasteiger charge is -2.15. The predicted octanol–water partition coefficient (Wildman–Crippen LogP) is 4.85. The van der Waals surface area contributed by atoms with Crippen LogP contribution < -0.4 is 9.47 Å². The molecule has 1 amide bonds. The summed E-state index contributed by atoms with van der Waals surface area (Å²) in [6, 6.07) is 17.7. The second-order valence-corrected chi connectivity index (χ2v) is 8.38. The minimum absolute atomic E-state index is 0.00553. The highest BCUT2D eigenvalue weighted by molar-refractivity contribution is 6.03. The maximum Gasteiger partial charge on any atom is 0.490 e. The molecule has 3 heterocycles. The van der Waals surface area contributed by atoms with E-state index in [0.717, 1.165) is 33.8 Å². The molecule has 4 aromatic rings. The van der Waals surface area contributed by atoms with E-state index in [2.05, 4.69) is 4.98 Å². The molecule has 38 heavy (non-hydrogen) atoms. The Bertz CT molecular complexity index is 1430. The van der Waals surface area contributed by atoms with E-state index in [4.69, 9.17) is 19.4 Å². The number of hydrogen-bond donors (Lipinski definition) is 1. The first kappa shape index (κ1) is 26.5. The van der Waals surface area contributed by atoms with Gasteiger partial charge in [0, 0.05) is 31.9 Å². The van der Waals surface area contributed by atoms with Gasteiger partial charge in [-0.3, -0.25) is 4.79 Å². The molecule has 2 aromatic heterocycles. The molecule has 5 rings (SSSR count). The van der Waals surface area contributed by atoms with Gasteiger partial charge >= 0.3 is 12.1 Å². The highest BCUT2D eigenvalue weighted by Crippen LogP contribution is 2.38. The lowest BCUT2D eigenvalue weighted by Crippen LogP contribution is -2.26. The number of aliphatic carboxylic acids is 1. The Morgan fingerprint density at radius 3 is 2.37 bits per heavy atom. The van der Waals surface area contributed by atoms with Crippen molar-refractivity contribution in [2.45, 2.75) is 19.1 Å². The number of aromatic nitrogens is 2. The van der Waals surface area contributed by atoms with Crippen molar-refractivity contribution in [3.8, 4) is 22.6 Å². The third-order valence-electron chi connectivity index (χ3n) is 6.04. The van der Waals surface area contributed by atoms with Crippen LogP contribution in [0.15, 0.2) is 67.0 Å². The van der Waals surface area contributed by atoms with Crippen molar-refractivity contribution in [3.63, 3.8) is 0 Å². The van der Waals surface area contributed by atoms with E-state index in [9.17, 15) is 18.0 Å². The number of pyridine rings is 1. The predicted molar refractivity (Wildman–Crippen MR) is 132 cm³/mol. The number of benzene rings is 2. The molecule has 1 aliphatic rings. The summed E-state index contributed by atoms with van der Waals surface area (Å²) in [7, 11) is 3.26. The smallest absolute Gasteiger partial charge is 0.490 e. The van der Waals surface area contributed by atoms with Crippen molar-refractivity contribution in [2.75, 3.05) is 20.8 Å². The molecule has 0 saturated carbocycles. The van der Waals surface area contributed by atoms with Gasteiger partial charge in [-0.2, -0.15) is 13.2 Å². The number of methoxy groups -OCH3 is 2. The maximum atomic E-state index is 13.3. The van der Waals surface area contributed by atoms with Crippen molar-refractivity contribution < 1.29 is 37.3 Å². The fourth-order valence-corrected chi connectivity index (χ4v) is 4.19. The van der Waals surface area contributed by atoms with Gasteiger partial charge in [0.25, 0.3) is 5.91 Å². The molecule has 11 heteroatoms. The van der Waals surface area contributed by atoms with Crippen molar-refractivity contribution in [1.29, 1.82) is 0 Å². The number of nitrogens with zero attached hydrogens (tertiary/aromatic N) is 3. The fourth-order valence-electron chi connectivity index (χ4n) is 4.19. The van der Waals surface area contributed by atoms with Gasteiger partial charge in [-0.1, -0.05) is 24.3 Å². The van der Waals surface area contributed by atoms with Crippen LogP contribution in [0.2, 0.25) is 0 Å². The van der Waals surface area contributed by atoms with E-state index in [1.807, 2.05) is 76.3 Å². The Kier molecular flexibility index (Phi) is 7.56. The SMILES string of the molecule is COc1ccc(-c2ccc(OC)c3c2CN(CCc2cn4ccccc4n2)C3=O)cc1.O=C(O)C(F)(F)F. The first-order valence-corrected chi connectivity index (χ1v) is 11.5. The Labute approximate surface area is 215 Å². The Hall–Kier alpha value is -4.54. The normalized spacial score (nSPS) is 12.7. The third kappa shape index (κ3) is 5.56. The molecule has 8 nitrogen and oxygen atoms in total. The van der Waals surface area contributed by atoms with Crippen molar-refractivity contribution in [1.82, 2.24) is 14.3 Å². The zero-order valence-corrected chi connectivity index (χ0v) is 20.5. The number of ether oxygens (including phenoxy) is 2. The van der Waals surface area contributed by atoms with Gasteiger partial charge in [-0.05, 0) is 47.0 Å². The summed E-state index contributed by atoms with van der Waals surface area (Å²) in [6.07, 6.45) is -0.386. The van der Waals surface area contributed by atoms with Crippen molar-refractivity contribution in [2.24, 2.45) is 0 Å². The number of imidazole rings is 1. The highest BCUT2D eigenvalue weighted by Gasteiger charge is 2.38. The van der Waals surface area contributed by atoms with Crippen molar-refractivity contribution in [3.05, 3.63) is 83.8 Å². The molecule has 2 aromatic carbocycles. The quantitative estimate of drug-likeness (QED) is 0.385.